The van der Waals surface area contributed by atoms with Gasteiger partial charge in [0.25, 0.3) is 0 Å². The van der Waals surface area contributed by atoms with Crippen LogP contribution in [0.5, 0.6) is 5.75 Å². The van der Waals surface area contributed by atoms with Gasteiger partial charge < -0.3 is 10.1 Å². The van der Waals surface area contributed by atoms with Gasteiger partial charge in [-0.15, -0.1) is 0 Å². The topological polar surface area (TPSA) is 81.2 Å². The van der Waals surface area contributed by atoms with Gasteiger partial charge in [-0.3, -0.25) is 0 Å². The van der Waals surface area contributed by atoms with Gasteiger partial charge in [0.15, 0.2) is 15.7 Å². The lowest BCUT2D eigenvalue weighted by atomic mass is 10.1. The molecule has 1 N–H and O–H groups in total. The second-order valence-electron chi connectivity index (χ2n) is 7.07. The summed E-state index contributed by atoms with van der Waals surface area (Å²) in [5.41, 5.74) is 1.46. The first-order valence-corrected chi connectivity index (χ1v) is 11.0. The maximum atomic E-state index is 14.4. The number of rotatable bonds is 7. The Labute approximate surface area is 172 Å². The van der Waals surface area contributed by atoms with Crippen LogP contribution in [0.1, 0.15) is 18.4 Å². The van der Waals surface area contributed by atoms with Crippen LogP contribution in [0, 0.1) is 11.6 Å². The fourth-order valence-corrected chi connectivity index (χ4v) is 4.86. The highest BCUT2D eigenvalue weighted by Crippen LogP contribution is 2.33. The average Bonchev–Trinajstić information content (AvgIpc) is 3.55. The second-order valence-corrected chi connectivity index (χ2v) is 9.35. The number of benzene rings is 2. The number of nitrogens with one attached hydrogen (secondary N) is 1. The maximum Gasteiger partial charge on any atom is 0.227 e. The predicted molar refractivity (Wildman–Crippen MR) is 109 cm³/mol. The van der Waals surface area contributed by atoms with E-state index in [9.17, 15) is 17.2 Å². The lowest BCUT2D eigenvalue weighted by Crippen LogP contribution is -2.10. The molecule has 0 aliphatic heterocycles. The van der Waals surface area contributed by atoms with Crippen molar-refractivity contribution in [3.8, 4) is 17.0 Å². The van der Waals surface area contributed by atoms with E-state index < -0.39 is 21.5 Å². The third kappa shape index (κ3) is 4.40. The van der Waals surface area contributed by atoms with E-state index in [0.717, 1.165) is 25.1 Å². The van der Waals surface area contributed by atoms with Gasteiger partial charge in [-0.25, -0.2) is 27.2 Å². The van der Waals surface area contributed by atoms with Crippen molar-refractivity contribution in [1.82, 2.24) is 9.97 Å². The Morgan fingerprint density at radius 1 is 1.17 bits per heavy atom. The first-order chi connectivity index (χ1) is 14.4. The number of sulfone groups is 1. The Bertz CT molecular complexity index is 1200. The van der Waals surface area contributed by atoms with E-state index in [1.165, 1.54) is 19.2 Å². The van der Waals surface area contributed by atoms with E-state index in [0.29, 0.717) is 11.3 Å². The molecule has 4 rings (SSSR count). The minimum Gasteiger partial charge on any atom is -0.496 e. The van der Waals surface area contributed by atoms with Gasteiger partial charge in [0.05, 0.1) is 24.3 Å². The number of hydrogen-bond acceptors (Lipinski definition) is 6. The Hall–Kier alpha value is -3.07. The zero-order valence-corrected chi connectivity index (χ0v) is 16.9. The highest BCUT2D eigenvalue weighted by molar-refractivity contribution is 7.91. The van der Waals surface area contributed by atoms with Gasteiger partial charge in [-0.2, -0.15) is 0 Å². The molecule has 1 aromatic heterocycles. The Morgan fingerprint density at radius 2 is 1.97 bits per heavy atom. The molecule has 2 aromatic carbocycles. The van der Waals surface area contributed by atoms with E-state index in [1.54, 1.807) is 24.3 Å². The summed E-state index contributed by atoms with van der Waals surface area (Å²) >= 11 is 0. The molecule has 1 aliphatic rings. The normalized spacial score (nSPS) is 13.8. The monoisotopic (exact) mass is 431 g/mol. The van der Waals surface area contributed by atoms with Gasteiger partial charge in [0.2, 0.25) is 5.95 Å². The van der Waals surface area contributed by atoms with Crippen LogP contribution >= 0.6 is 0 Å². The molecule has 0 atom stereocenters. The Morgan fingerprint density at radius 3 is 2.70 bits per heavy atom. The first kappa shape index (κ1) is 20.2. The third-order valence-corrected chi connectivity index (χ3v) is 6.97. The van der Waals surface area contributed by atoms with E-state index in [2.05, 4.69) is 15.3 Å². The van der Waals surface area contributed by atoms with E-state index in [1.807, 2.05) is 0 Å². The fraction of sp³-hybridized carbons (Fsp3) is 0.238. The van der Waals surface area contributed by atoms with E-state index in [4.69, 9.17) is 4.74 Å². The number of anilines is 2. The van der Waals surface area contributed by atoms with Crippen LogP contribution < -0.4 is 10.1 Å². The standard InChI is InChI=1S/C21H19F2N3O3S/c1-29-19-10-14(22)5-8-17(19)20-18(23)11-24-21(26-20)25-15-4-2-3-13(9-15)12-30(27,28)16-6-7-16/h2-5,8-11,16H,6-7,12H2,1H3,(H,24,25,26). The Kier molecular flexibility index (Phi) is 5.38. The van der Waals surface area contributed by atoms with Crippen molar-refractivity contribution < 1.29 is 21.9 Å². The van der Waals surface area contributed by atoms with Crippen LogP contribution in [0.4, 0.5) is 20.4 Å². The van der Waals surface area contributed by atoms with Crippen molar-refractivity contribution in [2.24, 2.45) is 0 Å². The number of aromatic nitrogens is 2. The van der Waals surface area contributed by atoms with Crippen molar-refractivity contribution in [2.75, 3.05) is 12.4 Å². The van der Waals surface area contributed by atoms with Crippen LogP contribution in [0.25, 0.3) is 11.3 Å². The van der Waals surface area contributed by atoms with Crippen LogP contribution in [-0.2, 0) is 15.6 Å². The van der Waals surface area contributed by atoms with Gasteiger partial charge in [-0.1, -0.05) is 12.1 Å². The molecule has 0 saturated heterocycles. The summed E-state index contributed by atoms with van der Waals surface area (Å²) in [5, 5.41) is 2.73. The summed E-state index contributed by atoms with van der Waals surface area (Å²) in [6.07, 6.45) is 2.45. The summed E-state index contributed by atoms with van der Waals surface area (Å²) in [6.45, 7) is 0. The number of methoxy groups -OCH3 is 1. The molecule has 9 heteroatoms. The Balaban J connectivity index is 1.61. The SMILES string of the molecule is COc1cc(F)ccc1-c1nc(Nc2cccc(CS(=O)(=O)C3CC3)c2)ncc1F. The van der Waals surface area contributed by atoms with Crippen molar-refractivity contribution in [3.63, 3.8) is 0 Å². The van der Waals surface area contributed by atoms with Gasteiger partial charge in [0.1, 0.15) is 17.3 Å². The molecule has 1 aliphatic carbocycles. The van der Waals surface area contributed by atoms with Crippen LogP contribution in [0.3, 0.4) is 0 Å². The molecule has 6 nitrogen and oxygen atoms in total. The third-order valence-electron chi connectivity index (χ3n) is 4.75. The van der Waals surface area contributed by atoms with Crippen molar-refractivity contribution in [1.29, 1.82) is 0 Å². The predicted octanol–water partition coefficient (Wildman–Crippen LogP) is 4.25. The summed E-state index contributed by atoms with van der Waals surface area (Å²) < 4.78 is 57.4. The summed E-state index contributed by atoms with van der Waals surface area (Å²) in [5.74, 6) is -0.975. The zero-order valence-electron chi connectivity index (χ0n) is 16.1. The molecule has 1 heterocycles. The minimum atomic E-state index is -3.14. The van der Waals surface area contributed by atoms with Crippen molar-refractivity contribution >= 4 is 21.5 Å². The summed E-state index contributed by atoms with van der Waals surface area (Å²) in [4.78, 5) is 8.15. The lowest BCUT2D eigenvalue weighted by molar-refractivity contribution is 0.412. The molecule has 1 fully saturated rings. The van der Waals surface area contributed by atoms with Crippen molar-refractivity contribution in [2.45, 2.75) is 23.8 Å². The smallest absolute Gasteiger partial charge is 0.227 e. The molecule has 0 amide bonds. The van der Waals surface area contributed by atoms with Crippen molar-refractivity contribution in [3.05, 3.63) is 65.9 Å². The van der Waals surface area contributed by atoms with Gasteiger partial charge in [-0.05, 0) is 42.7 Å². The number of halogens is 2. The van der Waals surface area contributed by atoms with Crippen LogP contribution in [-0.4, -0.2) is 30.7 Å². The van der Waals surface area contributed by atoms with Gasteiger partial charge in [0, 0.05) is 17.3 Å². The van der Waals surface area contributed by atoms with Crippen LogP contribution in [0.15, 0.2) is 48.7 Å². The molecule has 156 valence electrons. The lowest BCUT2D eigenvalue weighted by Gasteiger charge is -2.11. The highest BCUT2D eigenvalue weighted by atomic mass is 32.2. The number of hydrogen-bond donors (Lipinski definition) is 1. The molecular formula is C21H19F2N3O3S. The highest BCUT2D eigenvalue weighted by Gasteiger charge is 2.35. The van der Waals surface area contributed by atoms with Gasteiger partial charge >= 0.3 is 0 Å². The fourth-order valence-electron chi connectivity index (χ4n) is 3.12. The largest absolute Gasteiger partial charge is 0.496 e. The molecule has 3 aromatic rings. The molecule has 30 heavy (non-hydrogen) atoms. The molecule has 0 spiro atoms. The first-order valence-electron chi connectivity index (χ1n) is 9.30. The summed E-state index contributed by atoms with van der Waals surface area (Å²) in [7, 11) is -1.78. The summed E-state index contributed by atoms with van der Waals surface area (Å²) in [6, 6.07) is 10.6. The zero-order chi connectivity index (χ0) is 21.3. The van der Waals surface area contributed by atoms with E-state index in [-0.39, 0.29) is 34.0 Å². The quantitative estimate of drug-likeness (QED) is 0.602. The molecule has 1 saturated carbocycles. The van der Waals surface area contributed by atoms with Crippen LogP contribution in [0.2, 0.25) is 0 Å². The molecule has 0 bridgehead atoms. The molecular weight excluding hydrogens is 412 g/mol. The second kappa shape index (κ2) is 7.98. The van der Waals surface area contributed by atoms with E-state index >= 15 is 0 Å². The molecule has 0 unspecified atom stereocenters. The minimum absolute atomic E-state index is 0.0323. The average molecular weight is 431 g/mol. The maximum absolute atomic E-state index is 14.4. The number of ether oxygens (including phenoxy) is 1. The molecule has 0 radical (unpaired) electrons. The number of nitrogens with zero attached hydrogens (tertiary/aromatic N) is 2.